The summed E-state index contributed by atoms with van der Waals surface area (Å²) >= 11 is 0. The van der Waals surface area contributed by atoms with Crippen molar-refractivity contribution in [1.82, 2.24) is 0 Å². The van der Waals surface area contributed by atoms with Crippen LogP contribution in [0.15, 0.2) is 23.8 Å². The van der Waals surface area contributed by atoms with E-state index < -0.39 is 0 Å². The van der Waals surface area contributed by atoms with E-state index in [0.717, 1.165) is 38.4 Å². The maximum absolute atomic E-state index is 11.5. The number of hydrogen-bond acceptors (Lipinski definition) is 3. The molecule has 3 heteroatoms. The Balaban J connectivity index is 1.88. The average molecular weight is 330 g/mol. The van der Waals surface area contributed by atoms with Crippen LogP contribution in [0, 0.1) is 29.1 Å². The molecule has 6 unspecified atom stereocenters. The highest BCUT2D eigenvalue weighted by Crippen LogP contribution is 2.60. The summed E-state index contributed by atoms with van der Waals surface area (Å²) < 4.78 is 5.68. The topological polar surface area (TPSA) is 43.4 Å². The standard InChI is InChI=1S/C21H30O3/c1-4-5-16-15(11-13-22)6-7-18-17(16)10-12-21(3)19(18)8-9-20(21)24-14(2)23/h6-7,11,13,16-20H,4-5,8-10,12H2,1-3H3/b15-11-. The van der Waals surface area contributed by atoms with E-state index in [9.17, 15) is 9.59 Å². The van der Waals surface area contributed by atoms with Crippen molar-refractivity contribution in [2.45, 2.75) is 65.4 Å². The van der Waals surface area contributed by atoms with Crippen molar-refractivity contribution in [3.05, 3.63) is 23.8 Å². The minimum absolute atomic E-state index is 0.0749. The van der Waals surface area contributed by atoms with E-state index in [4.69, 9.17) is 4.74 Å². The first kappa shape index (κ1) is 17.4. The quantitative estimate of drug-likeness (QED) is 0.434. The first-order valence-electron chi connectivity index (χ1n) is 9.52. The molecule has 3 nitrogen and oxygen atoms in total. The van der Waals surface area contributed by atoms with Crippen LogP contribution in [0.1, 0.15) is 59.3 Å². The van der Waals surface area contributed by atoms with Crippen molar-refractivity contribution < 1.29 is 14.3 Å². The first-order chi connectivity index (χ1) is 11.5. The molecule has 0 aromatic heterocycles. The number of aldehydes is 1. The van der Waals surface area contributed by atoms with Gasteiger partial charge in [-0.3, -0.25) is 9.59 Å². The molecule has 2 fully saturated rings. The van der Waals surface area contributed by atoms with Crippen molar-refractivity contribution in [2.24, 2.45) is 29.1 Å². The van der Waals surface area contributed by atoms with Crippen LogP contribution < -0.4 is 0 Å². The number of rotatable bonds is 4. The molecule has 0 aromatic carbocycles. The normalized spacial score (nSPS) is 42.5. The zero-order valence-electron chi connectivity index (χ0n) is 15.2. The lowest BCUT2D eigenvalue weighted by atomic mass is 9.54. The van der Waals surface area contributed by atoms with Crippen LogP contribution >= 0.6 is 0 Å². The molecule has 24 heavy (non-hydrogen) atoms. The molecule has 132 valence electrons. The molecule has 3 aliphatic carbocycles. The maximum Gasteiger partial charge on any atom is 0.302 e. The third-order valence-corrected chi connectivity index (χ3v) is 6.92. The lowest BCUT2D eigenvalue weighted by Crippen LogP contribution is -2.46. The van der Waals surface area contributed by atoms with Gasteiger partial charge < -0.3 is 4.74 Å². The number of allylic oxidation sites excluding steroid dienone is 4. The average Bonchev–Trinajstić information content (AvgIpc) is 2.86. The van der Waals surface area contributed by atoms with Gasteiger partial charge in [0.15, 0.2) is 0 Å². The van der Waals surface area contributed by atoms with E-state index in [1.54, 1.807) is 6.08 Å². The summed E-state index contributed by atoms with van der Waals surface area (Å²) in [5.74, 6) is 2.14. The summed E-state index contributed by atoms with van der Waals surface area (Å²) in [6.07, 6.45) is 14.0. The second-order valence-corrected chi connectivity index (χ2v) is 8.12. The molecule has 3 rings (SSSR count). The van der Waals surface area contributed by atoms with Crippen molar-refractivity contribution in [2.75, 3.05) is 0 Å². The molecule has 0 spiro atoms. The SMILES string of the molecule is CCCC1/C(=C\C=O)C=CC2C1CCC1(C)C(OC(C)=O)CCC21. The minimum Gasteiger partial charge on any atom is -0.462 e. The maximum atomic E-state index is 11.5. The first-order valence-corrected chi connectivity index (χ1v) is 9.52. The summed E-state index contributed by atoms with van der Waals surface area (Å²) in [5.41, 5.74) is 1.33. The number of hydrogen-bond donors (Lipinski definition) is 0. The zero-order valence-corrected chi connectivity index (χ0v) is 15.2. The third-order valence-electron chi connectivity index (χ3n) is 6.92. The van der Waals surface area contributed by atoms with E-state index in [2.05, 4.69) is 26.0 Å². The number of fused-ring (bicyclic) bond motifs is 3. The molecule has 0 bridgehead atoms. The minimum atomic E-state index is -0.150. The lowest BCUT2D eigenvalue weighted by Gasteiger charge is -2.51. The number of ether oxygens (including phenoxy) is 1. The summed E-state index contributed by atoms with van der Waals surface area (Å²) in [7, 11) is 0. The van der Waals surface area contributed by atoms with Crippen LogP contribution in [0.5, 0.6) is 0 Å². The predicted octanol–water partition coefficient (Wildman–Crippen LogP) is 4.47. The third kappa shape index (κ3) is 2.87. The Kier molecular flexibility index (Phi) is 4.98. The Morgan fingerprint density at radius 2 is 2.17 bits per heavy atom. The van der Waals surface area contributed by atoms with Gasteiger partial charge in [-0.1, -0.05) is 32.4 Å². The van der Waals surface area contributed by atoms with Crippen molar-refractivity contribution in [3.8, 4) is 0 Å². The monoisotopic (exact) mass is 330 g/mol. The van der Waals surface area contributed by atoms with E-state index in [1.807, 2.05) is 0 Å². The highest BCUT2D eigenvalue weighted by atomic mass is 16.5. The molecule has 2 saturated carbocycles. The predicted molar refractivity (Wildman–Crippen MR) is 94.3 cm³/mol. The van der Waals surface area contributed by atoms with Gasteiger partial charge in [-0.15, -0.1) is 0 Å². The Labute approximate surface area is 145 Å². The fourth-order valence-corrected chi connectivity index (χ4v) is 5.86. The summed E-state index contributed by atoms with van der Waals surface area (Å²) in [6.45, 7) is 6.08. The van der Waals surface area contributed by atoms with Gasteiger partial charge in [0.2, 0.25) is 0 Å². The molecule has 0 saturated heterocycles. The van der Waals surface area contributed by atoms with Crippen molar-refractivity contribution in [1.29, 1.82) is 0 Å². The van der Waals surface area contributed by atoms with Crippen LogP contribution in [0.4, 0.5) is 0 Å². The number of carbonyl (C=O) groups excluding carboxylic acids is 2. The highest BCUT2D eigenvalue weighted by molar-refractivity contribution is 5.68. The molecule has 3 aliphatic rings. The highest BCUT2D eigenvalue weighted by Gasteiger charge is 2.56. The second kappa shape index (κ2) is 6.85. The molecule has 0 heterocycles. The molecular formula is C21H30O3. The Bertz CT molecular complexity index is 561. The van der Waals surface area contributed by atoms with Gasteiger partial charge in [0.05, 0.1) is 0 Å². The van der Waals surface area contributed by atoms with Gasteiger partial charge >= 0.3 is 5.97 Å². The Hall–Kier alpha value is -1.38. The van der Waals surface area contributed by atoms with Crippen LogP contribution in [0.25, 0.3) is 0 Å². The smallest absolute Gasteiger partial charge is 0.302 e. The van der Waals surface area contributed by atoms with Crippen LogP contribution in [0.3, 0.4) is 0 Å². The largest absolute Gasteiger partial charge is 0.462 e. The zero-order chi connectivity index (χ0) is 17.3. The van der Waals surface area contributed by atoms with Crippen molar-refractivity contribution in [3.63, 3.8) is 0 Å². The van der Waals surface area contributed by atoms with E-state index in [1.165, 1.54) is 18.9 Å². The molecule has 0 aromatic rings. The molecule has 0 aliphatic heterocycles. The molecule has 0 N–H and O–H groups in total. The number of carbonyl (C=O) groups is 2. The van der Waals surface area contributed by atoms with Gasteiger partial charge in [-0.2, -0.15) is 0 Å². The molecule has 0 amide bonds. The fraction of sp³-hybridized carbons (Fsp3) is 0.714. The summed E-state index contributed by atoms with van der Waals surface area (Å²) in [4.78, 5) is 22.5. The summed E-state index contributed by atoms with van der Waals surface area (Å²) in [5, 5.41) is 0. The van der Waals surface area contributed by atoms with Crippen molar-refractivity contribution >= 4 is 12.3 Å². The van der Waals surface area contributed by atoms with Gasteiger partial charge in [0.25, 0.3) is 0 Å². The van der Waals surface area contributed by atoms with Crippen LogP contribution in [0.2, 0.25) is 0 Å². The molecule has 0 radical (unpaired) electrons. The molecule has 6 atom stereocenters. The lowest BCUT2D eigenvalue weighted by molar-refractivity contribution is -0.155. The van der Waals surface area contributed by atoms with Crippen LogP contribution in [-0.4, -0.2) is 18.4 Å². The van der Waals surface area contributed by atoms with E-state index in [-0.39, 0.29) is 17.5 Å². The Morgan fingerprint density at radius 1 is 1.38 bits per heavy atom. The number of esters is 1. The second-order valence-electron chi connectivity index (χ2n) is 8.12. The summed E-state index contributed by atoms with van der Waals surface area (Å²) in [6, 6.07) is 0. The van der Waals surface area contributed by atoms with Gasteiger partial charge in [-0.05, 0) is 67.4 Å². The van der Waals surface area contributed by atoms with Gasteiger partial charge in [0.1, 0.15) is 12.4 Å². The van der Waals surface area contributed by atoms with E-state index >= 15 is 0 Å². The van der Waals surface area contributed by atoms with Gasteiger partial charge in [0, 0.05) is 12.3 Å². The Morgan fingerprint density at radius 3 is 2.83 bits per heavy atom. The van der Waals surface area contributed by atoms with E-state index in [0.29, 0.717) is 23.7 Å². The van der Waals surface area contributed by atoms with Crippen LogP contribution in [-0.2, 0) is 14.3 Å². The fourth-order valence-electron chi connectivity index (χ4n) is 5.86. The van der Waals surface area contributed by atoms with Gasteiger partial charge in [-0.25, -0.2) is 0 Å². The molecular weight excluding hydrogens is 300 g/mol.